The zero-order valence-corrected chi connectivity index (χ0v) is 18.9. The van der Waals surface area contributed by atoms with Crippen molar-refractivity contribution in [3.63, 3.8) is 0 Å². The average molecular weight is 460 g/mol. The van der Waals surface area contributed by atoms with Crippen molar-refractivity contribution >= 4 is 33.7 Å². The summed E-state index contributed by atoms with van der Waals surface area (Å²) in [6.07, 6.45) is 1.99. The van der Waals surface area contributed by atoms with Gasteiger partial charge in [0, 0.05) is 31.1 Å². The van der Waals surface area contributed by atoms with E-state index in [1.807, 2.05) is 19.1 Å². The Hall–Kier alpha value is -1.68. The van der Waals surface area contributed by atoms with Crippen LogP contribution in [0.1, 0.15) is 45.1 Å². The summed E-state index contributed by atoms with van der Waals surface area (Å²) in [6.45, 7) is 4.46. The summed E-state index contributed by atoms with van der Waals surface area (Å²) >= 11 is 5.85. The van der Waals surface area contributed by atoms with Gasteiger partial charge < -0.3 is 10.4 Å². The predicted molar refractivity (Wildman–Crippen MR) is 115 cm³/mol. The number of rotatable bonds is 10. The van der Waals surface area contributed by atoms with Crippen LogP contribution in [0.25, 0.3) is 0 Å². The number of benzene rings is 1. The molecular weight excluding hydrogens is 430 g/mol. The highest BCUT2D eigenvalue weighted by Crippen LogP contribution is 2.23. The van der Waals surface area contributed by atoms with Crippen LogP contribution < -0.4 is 10.0 Å². The van der Waals surface area contributed by atoms with Gasteiger partial charge in [-0.3, -0.25) is 9.59 Å². The first kappa shape index (κ1) is 24.6. The molecule has 0 aromatic heterocycles. The first-order valence-electron chi connectivity index (χ1n) is 10.1. The summed E-state index contributed by atoms with van der Waals surface area (Å²) < 4.78 is 28.8. The van der Waals surface area contributed by atoms with E-state index in [9.17, 15) is 23.1 Å². The average Bonchev–Trinajstić information content (AvgIpc) is 2.71. The molecule has 0 aliphatic carbocycles. The maximum atomic E-state index is 12.6. The maximum absolute atomic E-state index is 12.6. The number of nitrogens with one attached hydrogen (secondary N) is 2. The molecule has 1 aromatic carbocycles. The van der Waals surface area contributed by atoms with Gasteiger partial charge in [-0.2, -0.15) is 17.4 Å². The summed E-state index contributed by atoms with van der Waals surface area (Å²) in [5.41, 5.74) is 0.953. The lowest BCUT2D eigenvalue weighted by atomic mass is 9.94. The minimum atomic E-state index is -3.89. The lowest BCUT2D eigenvalue weighted by Gasteiger charge is -2.32. The molecule has 8 nitrogen and oxygen atoms in total. The fourth-order valence-electron chi connectivity index (χ4n) is 3.37. The van der Waals surface area contributed by atoms with Gasteiger partial charge in [-0.25, -0.2) is 0 Å². The molecule has 30 heavy (non-hydrogen) atoms. The number of hydrogen-bond acceptors (Lipinski definition) is 4. The van der Waals surface area contributed by atoms with Crippen molar-refractivity contribution in [1.29, 1.82) is 0 Å². The topological polar surface area (TPSA) is 116 Å². The molecule has 1 amide bonds. The number of piperidine rings is 1. The van der Waals surface area contributed by atoms with Gasteiger partial charge in [-0.15, -0.1) is 0 Å². The zero-order chi connectivity index (χ0) is 22.3. The quantitative estimate of drug-likeness (QED) is 0.496. The third kappa shape index (κ3) is 7.23. The van der Waals surface area contributed by atoms with E-state index in [2.05, 4.69) is 10.0 Å². The van der Waals surface area contributed by atoms with E-state index in [0.717, 1.165) is 5.56 Å². The second-order valence-electron chi connectivity index (χ2n) is 7.77. The Morgan fingerprint density at radius 1 is 1.23 bits per heavy atom. The summed E-state index contributed by atoms with van der Waals surface area (Å²) in [5, 5.41) is 12.8. The molecule has 1 heterocycles. The van der Waals surface area contributed by atoms with E-state index < -0.39 is 22.2 Å². The molecule has 0 spiro atoms. The van der Waals surface area contributed by atoms with Crippen molar-refractivity contribution in [3.05, 3.63) is 34.9 Å². The molecule has 1 aliphatic heterocycles. The minimum Gasteiger partial charge on any atom is -0.480 e. The molecule has 0 saturated carbocycles. The van der Waals surface area contributed by atoms with Crippen LogP contribution in [0.5, 0.6) is 0 Å². The molecule has 0 radical (unpaired) electrons. The first-order chi connectivity index (χ1) is 14.1. The van der Waals surface area contributed by atoms with Crippen LogP contribution in [0, 0.1) is 11.8 Å². The Labute approximate surface area is 183 Å². The summed E-state index contributed by atoms with van der Waals surface area (Å²) in [6, 6.07) is 6.08. The Kier molecular flexibility index (Phi) is 9.09. The van der Waals surface area contributed by atoms with Gasteiger partial charge >= 0.3 is 5.97 Å². The van der Waals surface area contributed by atoms with E-state index in [4.69, 9.17) is 11.6 Å². The number of nitrogens with zero attached hydrogens (tertiary/aromatic N) is 1. The van der Waals surface area contributed by atoms with E-state index >= 15 is 0 Å². The maximum Gasteiger partial charge on any atom is 0.322 e. The highest BCUT2D eigenvalue weighted by molar-refractivity contribution is 7.87. The highest BCUT2D eigenvalue weighted by atomic mass is 35.5. The number of hydrogen-bond donors (Lipinski definition) is 3. The number of carboxylic acids is 1. The Bertz CT molecular complexity index is 823. The molecule has 3 N–H and O–H groups in total. The summed E-state index contributed by atoms with van der Waals surface area (Å²) in [7, 11) is -3.89. The van der Waals surface area contributed by atoms with Crippen molar-refractivity contribution in [3.8, 4) is 0 Å². The van der Waals surface area contributed by atoms with Crippen molar-refractivity contribution in [2.75, 3.05) is 13.1 Å². The van der Waals surface area contributed by atoms with Crippen LogP contribution in [-0.2, 0) is 26.3 Å². The van der Waals surface area contributed by atoms with Crippen LogP contribution in [0.2, 0.25) is 5.02 Å². The van der Waals surface area contributed by atoms with Crippen LogP contribution in [0.3, 0.4) is 0 Å². The number of amides is 1. The molecule has 1 fully saturated rings. The minimum absolute atomic E-state index is 0.0768. The molecule has 0 bridgehead atoms. The Morgan fingerprint density at radius 3 is 2.37 bits per heavy atom. The largest absolute Gasteiger partial charge is 0.480 e. The SMILES string of the molecule is CCC(C)C(NS(=O)(=O)N1CCC(CC(=O)NCc2ccc(Cl)cc2)CC1)C(=O)O. The van der Waals surface area contributed by atoms with Gasteiger partial charge in [0.05, 0.1) is 0 Å². The molecule has 10 heteroatoms. The number of carbonyl (C=O) groups is 2. The zero-order valence-electron chi connectivity index (χ0n) is 17.3. The lowest BCUT2D eigenvalue weighted by molar-refractivity contribution is -0.140. The number of aliphatic carboxylic acids is 1. The van der Waals surface area contributed by atoms with E-state index in [0.29, 0.717) is 37.3 Å². The van der Waals surface area contributed by atoms with Gasteiger partial charge in [-0.05, 0) is 42.4 Å². The highest BCUT2D eigenvalue weighted by Gasteiger charge is 2.34. The van der Waals surface area contributed by atoms with E-state index in [1.165, 1.54) is 4.31 Å². The Balaban J connectivity index is 1.81. The number of halogens is 1. The third-order valence-electron chi connectivity index (χ3n) is 5.55. The van der Waals surface area contributed by atoms with Crippen molar-refractivity contribution in [2.24, 2.45) is 11.8 Å². The Morgan fingerprint density at radius 2 is 1.83 bits per heavy atom. The van der Waals surface area contributed by atoms with Crippen LogP contribution in [-0.4, -0.2) is 48.8 Å². The molecular formula is C20H30ClN3O5S. The molecule has 1 saturated heterocycles. The van der Waals surface area contributed by atoms with Crippen LogP contribution >= 0.6 is 11.6 Å². The fraction of sp³-hybridized carbons (Fsp3) is 0.600. The number of carboxylic acid groups (broad SMARTS) is 1. The van der Waals surface area contributed by atoms with Gasteiger partial charge in [-0.1, -0.05) is 44.0 Å². The molecule has 2 unspecified atom stereocenters. The van der Waals surface area contributed by atoms with Crippen molar-refractivity contribution in [2.45, 2.75) is 52.1 Å². The van der Waals surface area contributed by atoms with Gasteiger partial charge in [0.15, 0.2) is 0 Å². The predicted octanol–water partition coefficient (Wildman–Crippen LogP) is 2.39. The smallest absolute Gasteiger partial charge is 0.322 e. The standard InChI is InChI=1S/C20H30ClN3O5S/c1-3-14(2)19(20(26)27)23-30(28,29)24-10-8-15(9-11-24)12-18(25)22-13-16-4-6-17(21)7-5-16/h4-7,14-15,19,23H,3,8-13H2,1-2H3,(H,22,25)(H,26,27). The second kappa shape index (κ2) is 11.1. The van der Waals surface area contributed by atoms with Crippen LogP contribution in [0.15, 0.2) is 24.3 Å². The van der Waals surface area contributed by atoms with E-state index in [-0.39, 0.29) is 30.8 Å². The third-order valence-corrected chi connectivity index (χ3v) is 7.39. The van der Waals surface area contributed by atoms with Gasteiger partial charge in [0.25, 0.3) is 10.2 Å². The first-order valence-corrected chi connectivity index (χ1v) is 12.0. The normalized spacial score (nSPS) is 18.0. The second-order valence-corrected chi connectivity index (χ2v) is 9.91. The summed E-state index contributed by atoms with van der Waals surface area (Å²) in [5.74, 6) is -1.49. The monoisotopic (exact) mass is 459 g/mol. The van der Waals surface area contributed by atoms with Crippen molar-refractivity contribution < 1.29 is 23.1 Å². The lowest BCUT2D eigenvalue weighted by Crippen LogP contribution is -2.52. The molecule has 168 valence electrons. The molecule has 1 aromatic rings. The van der Waals surface area contributed by atoms with E-state index in [1.54, 1.807) is 19.1 Å². The van der Waals surface area contributed by atoms with Gasteiger partial charge in [0.2, 0.25) is 5.91 Å². The molecule has 2 rings (SSSR count). The number of carbonyl (C=O) groups excluding carboxylic acids is 1. The summed E-state index contributed by atoms with van der Waals surface area (Å²) in [4.78, 5) is 23.6. The van der Waals surface area contributed by atoms with Crippen LogP contribution in [0.4, 0.5) is 0 Å². The molecule has 1 aliphatic rings. The van der Waals surface area contributed by atoms with Crippen molar-refractivity contribution in [1.82, 2.24) is 14.3 Å². The van der Waals surface area contributed by atoms with Gasteiger partial charge in [0.1, 0.15) is 6.04 Å². The molecule has 2 atom stereocenters. The fourth-order valence-corrected chi connectivity index (χ4v) is 4.99.